The van der Waals surface area contributed by atoms with Gasteiger partial charge in [-0.15, -0.1) is 0 Å². The summed E-state index contributed by atoms with van der Waals surface area (Å²) >= 11 is 5.50. The largest absolute Gasteiger partial charge is 0.504 e. The second-order valence-corrected chi connectivity index (χ2v) is 1.67. The molecule has 0 saturated heterocycles. The molecule has 0 unspecified atom stereocenters. The quantitative estimate of drug-likeness (QED) is 0.858. The number of benzene rings is 1. The zero-order valence-corrected chi connectivity index (χ0v) is 9.09. The van der Waals surface area contributed by atoms with E-state index in [1.807, 2.05) is 0 Å². The Bertz CT molecular complexity index is 203. The monoisotopic (exact) mass is 282 g/mol. The fraction of sp³-hybridized carbons (Fsp3) is 0.143. The minimum absolute atomic E-state index is 0.181. The number of phenols is 1. The highest BCUT2D eigenvalue weighted by molar-refractivity contribution is 9.93. The van der Waals surface area contributed by atoms with Crippen LogP contribution in [0, 0.1) is 0 Å². The second kappa shape index (κ2) is 6.49. The highest BCUT2D eigenvalue weighted by atomic mass is 80.9. The molecular weight excluding hydrogens is 276 g/mol. The Kier molecular flexibility index (Phi) is 6.36. The van der Waals surface area contributed by atoms with Crippen molar-refractivity contribution in [3.8, 4) is 11.5 Å². The number of aromatic hydroxyl groups is 1. The van der Waals surface area contributed by atoms with Gasteiger partial charge in [0.15, 0.2) is 11.5 Å². The van der Waals surface area contributed by atoms with Crippen LogP contribution in [0.15, 0.2) is 24.3 Å². The number of para-hydroxylation sites is 2. The zero-order chi connectivity index (χ0) is 8.69. The molecule has 2 nitrogen and oxygen atoms in total. The van der Waals surface area contributed by atoms with E-state index in [0.717, 1.165) is 0 Å². The molecule has 0 fully saturated rings. The Hall–Kier alpha value is -0.220. The van der Waals surface area contributed by atoms with Crippen LogP contribution in [-0.2, 0) is 0 Å². The number of phenolic OH excluding ortho intramolecular Hbond substituents is 1. The van der Waals surface area contributed by atoms with Crippen molar-refractivity contribution < 1.29 is 9.84 Å². The van der Waals surface area contributed by atoms with Crippen molar-refractivity contribution in [2.75, 3.05) is 7.11 Å². The molecule has 0 heterocycles. The first-order chi connectivity index (χ1) is 5.34. The summed E-state index contributed by atoms with van der Waals surface area (Å²) in [5.41, 5.74) is 0. The molecule has 1 N–H and O–H groups in total. The molecule has 4 heteroatoms. The van der Waals surface area contributed by atoms with Gasteiger partial charge >= 0.3 is 0 Å². The van der Waals surface area contributed by atoms with E-state index in [9.17, 15) is 0 Å². The van der Waals surface area contributed by atoms with Gasteiger partial charge in [-0.3, -0.25) is 0 Å². The van der Waals surface area contributed by atoms with Crippen LogP contribution in [0.25, 0.3) is 0 Å². The third-order valence-corrected chi connectivity index (χ3v) is 1.09. The minimum Gasteiger partial charge on any atom is -0.504 e. The summed E-state index contributed by atoms with van der Waals surface area (Å²) in [7, 11) is 1.52. The molecule has 62 valence electrons. The third kappa shape index (κ3) is 3.62. The Morgan fingerprint density at radius 3 is 2.18 bits per heavy atom. The lowest BCUT2D eigenvalue weighted by atomic mass is 10.3. The van der Waals surface area contributed by atoms with Gasteiger partial charge in [0, 0.05) is 28.3 Å². The van der Waals surface area contributed by atoms with Gasteiger partial charge in [0.2, 0.25) is 0 Å². The lowest BCUT2D eigenvalue weighted by Gasteiger charge is -1.99. The SMILES string of the molecule is BrBr.COc1ccccc1O. The van der Waals surface area contributed by atoms with E-state index in [1.54, 1.807) is 24.3 Å². The third-order valence-electron chi connectivity index (χ3n) is 1.09. The first-order valence-corrected chi connectivity index (χ1v) is 6.52. The molecule has 1 aromatic carbocycles. The Balaban J connectivity index is 0.000000461. The summed E-state index contributed by atoms with van der Waals surface area (Å²) in [6, 6.07) is 6.84. The number of rotatable bonds is 1. The molecule has 11 heavy (non-hydrogen) atoms. The number of hydrogen-bond acceptors (Lipinski definition) is 2. The smallest absolute Gasteiger partial charge is 0.160 e. The molecule has 0 aromatic heterocycles. The van der Waals surface area contributed by atoms with Gasteiger partial charge in [0.05, 0.1) is 7.11 Å². The maximum atomic E-state index is 8.99. The van der Waals surface area contributed by atoms with Crippen molar-refractivity contribution in [1.82, 2.24) is 0 Å². The summed E-state index contributed by atoms with van der Waals surface area (Å²) in [4.78, 5) is 0. The molecule has 0 radical (unpaired) electrons. The molecule has 1 rings (SSSR count). The van der Waals surface area contributed by atoms with E-state index in [-0.39, 0.29) is 5.75 Å². The maximum absolute atomic E-state index is 8.99. The van der Waals surface area contributed by atoms with E-state index in [2.05, 4.69) is 28.3 Å². The summed E-state index contributed by atoms with van der Waals surface area (Å²) in [5.74, 6) is 0.692. The van der Waals surface area contributed by atoms with Crippen LogP contribution in [-0.4, -0.2) is 12.2 Å². The predicted molar refractivity (Wildman–Crippen MR) is 52.5 cm³/mol. The summed E-state index contributed by atoms with van der Waals surface area (Å²) < 4.78 is 4.79. The zero-order valence-electron chi connectivity index (χ0n) is 5.92. The van der Waals surface area contributed by atoms with Crippen molar-refractivity contribution in [3.63, 3.8) is 0 Å². The van der Waals surface area contributed by atoms with Crippen molar-refractivity contribution >= 4 is 28.3 Å². The van der Waals surface area contributed by atoms with E-state index in [0.29, 0.717) is 5.75 Å². The van der Waals surface area contributed by atoms with Crippen LogP contribution in [0.5, 0.6) is 11.5 Å². The van der Waals surface area contributed by atoms with Crippen molar-refractivity contribution in [3.05, 3.63) is 24.3 Å². The number of hydrogen-bond donors (Lipinski definition) is 1. The number of ether oxygens (including phenoxy) is 1. The van der Waals surface area contributed by atoms with Gasteiger partial charge in [-0.2, -0.15) is 0 Å². The number of methoxy groups -OCH3 is 1. The fourth-order valence-corrected chi connectivity index (χ4v) is 0.630. The normalized spacial score (nSPS) is 7.91. The average Bonchev–Trinajstić information content (AvgIpc) is 2.09. The van der Waals surface area contributed by atoms with Crippen LogP contribution >= 0.6 is 28.3 Å². The second-order valence-electron chi connectivity index (χ2n) is 1.67. The molecule has 0 aliphatic heterocycles. The van der Waals surface area contributed by atoms with Crippen molar-refractivity contribution in [1.29, 1.82) is 0 Å². The molecule has 0 saturated carbocycles. The van der Waals surface area contributed by atoms with Crippen LogP contribution in [0.2, 0.25) is 0 Å². The fourth-order valence-electron chi connectivity index (χ4n) is 0.630. The topological polar surface area (TPSA) is 29.5 Å². The van der Waals surface area contributed by atoms with Gasteiger partial charge in [-0.1, -0.05) is 12.1 Å². The predicted octanol–water partition coefficient (Wildman–Crippen LogP) is 3.09. The minimum atomic E-state index is 0.181. The van der Waals surface area contributed by atoms with Crippen LogP contribution in [0.4, 0.5) is 0 Å². The molecule has 0 spiro atoms. The molecule has 0 aliphatic rings. The van der Waals surface area contributed by atoms with Gasteiger partial charge < -0.3 is 9.84 Å². The highest BCUT2D eigenvalue weighted by Gasteiger charge is 1.94. The maximum Gasteiger partial charge on any atom is 0.160 e. The summed E-state index contributed by atoms with van der Waals surface area (Å²) in [5, 5.41) is 8.99. The van der Waals surface area contributed by atoms with Crippen LogP contribution in [0.1, 0.15) is 0 Å². The highest BCUT2D eigenvalue weighted by Crippen LogP contribution is 2.22. The molecule has 0 atom stereocenters. The standard InChI is InChI=1S/C7H8O2.Br2/c1-9-7-5-3-2-4-6(7)8;1-2/h2-5,8H,1H3;. The molecule has 0 amide bonds. The van der Waals surface area contributed by atoms with Crippen LogP contribution in [0.3, 0.4) is 0 Å². The molecule has 1 aromatic rings. The Morgan fingerprint density at radius 1 is 1.27 bits per heavy atom. The number of halogens is 2. The van der Waals surface area contributed by atoms with E-state index < -0.39 is 0 Å². The average molecular weight is 284 g/mol. The van der Waals surface area contributed by atoms with Gasteiger partial charge in [-0.05, 0) is 12.1 Å². The summed E-state index contributed by atoms with van der Waals surface area (Å²) in [6.45, 7) is 0. The Morgan fingerprint density at radius 2 is 1.82 bits per heavy atom. The van der Waals surface area contributed by atoms with Gasteiger partial charge in [0.25, 0.3) is 0 Å². The van der Waals surface area contributed by atoms with Crippen LogP contribution < -0.4 is 4.74 Å². The van der Waals surface area contributed by atoms with E-state index in [4.69, 9.17) is 9.84 Å². The lowest BCUT2D eigenvalue weighted by molar-refractivity contribution is 0.373. The van der Waals surface area contributed by atoms with E-state index in [1.165, 1.54) is 7.11 Å². The first kappa shape index (κ1) is 10.8. The van der Waals surface area contributed by atoms with E-state index >= 15 is 0 Å². The van der Waals surface area contributed by atoms with Gasteiger partial charge in [-0.25, -0.2) is 0 Å². The van der Waals surface area contributed by atoms with Gasteiger partial charge in [0.1, 0.15) is 0 Å². The Labute approximate surface area is 81.0 Å². The van der Waals surface area contributed by atoms with Crippen molar-refractivity contribution in [2.24, 2.45) is 0 Å². The first-order valence-electron chi connectivity index (χ1n) is 2.81. The summed E-state index contributed by atoms with van der Waals surface area (Å²) in [6.07, 6.45) is 0. The van der Waals surface area contributed by atoms with Crippen molar-refractivity contribution in [2.45, 2.75) is 0 Å². The molecule has 0 aliphatic carbocycles. The molecule has 0 bridgehead atoms. The lowest BCUT2D eigenvalue weighted by Crippen LogP contribution is -1.80. The molecular formula is C7H8Br2O2.